The highest BCUT2D eigenvalue weighted by Gasteiger charge is 2.32. The molecular formula is C12H7F3N4O2S. The van der Waals surface area contributed by atoms with E-state index < -0.39 is 26.8 Å². The SMILES string of the molecule is N#Cc1ccnc(NS(=O)(=O)c2ccc(C(F)(F)F)nc2)c1. The molecule has 2 heterocycles. The van der Waals surface area contributed by atoms with Gasteiger partial charge in [-0.3, -0.25) is 9.71 Å². The number of anilines is 1. The van der Waals surface area contributed by atoms with E-state index >= 15 is 0 Å². The topological polar surface area (TPSA) is 95.7 Å². The summed E-state index contributed by atoms with van der Waals surface area (Å²) in [7, 11) is -4.15. The van der Waals surface area contributed by atoms with Crippen LogP contribution in [-0.4, -0.2) is 18.4 Å². The zero-order valence-electron chi connectivity index (χ0n) is 10.7. The molecule has 22 heavy (non-hydrogen) atoms. The quantitative estimate of drug-likeness (QED) is 0.931. The molecule has 0 saturated carbocycles. The second-order valence-corrected chi connectivity index (χ2v) is 5.71. The summed E-state index contributed by atoms with van der Waals surface area (Å²) in [5, 5.41) is 8.71. The first-order valence-electron chi connectivity index (χ1n) is 5.64. The van der Waals surface area contributed by atoms with Crippen molar-refractivity contribution < 1.29 is 21.6 Å². The highest BCUT2D eigenvalue weighted by atomic mass is 32.2. The normalized spacial score (nSPS) is 11.7. The number of nitriles is 1. The Balaban J connectivity index is 2.29. The molecule has 0 aliphatic heterocycles. The van der Waals surface area contributed by atoms with Crippen LogP contribution in [0.1, 0.15) is 11.3 Å². The van der Waals surface area contributed by atoms with Crippen molar-refractivity contribution in [2.75, 3.05) is 4.72 Å². The van der Waals surface area contributed by atoms with Crippen molar-refractivity contribution in [3.8, 4) is 6.07 Å². The predicted molar refractivity (Wildman–Crippen MR) is 69.0 cm³/mol. The van der Waals surface area contributed by atoms with E-state index in [1.165, 1.54) is 18.3 Å². The first-order valence-corrected chi connectivity index (χ1v) is 7.13. The Kier molecular flexibility index (Phi) is 4.01. The van der Waals surface area contributed by atoms with Crippen LogP contribution in [0.5, 0.6) is 0 Å². The Labute approximate surface area is 123 Å². The van der Waals surface area contributed by atoms with Crippen LogP contribution < -0.4 is 4.72 Å². The lowest BCUT2D eigenvalue weighted by Gasteiger charge is -2.09. The smallest absolute Gasteiger partial charge is 0.263 e. The molecule has 0 atom stereocenters. The van der Waals surface area contributed by atoms with E-state index in [1.54, 1.807) is 6.07 Å². The Morgan fingerprint density at radius 3 is 2.45 bits per heavy atom. The first-order chi connectivity index (χ1) is 10.2. The zero-order chi connectivity index (χ0) is 16.4. The third-order valence-electron chi connectivity index (χ3n) is 2.47. The molecule has 0 spiro atoms. The lowest BCUT2D eigenvalue weighted by atomic mass is 10.3. The largest absolute Gasteiger partial charge is 0.433 e. The standard InChI is InChI=1S/C12H7F3N4O2S/c13-12(14,15)10-2-1-9(7-18-10)22(20,21)19-11-5-8(6-16)3-4-17-11/h1-5,7H,(H,17,19). The van der Waals surface area contributed by atoms with Gasteiger partial charge in [0.1, 0.15) is 16.4 Å². The fourth-order valence-electron chi connectivity index (χ4n) is 1.46. The van der Waals surface area contributed by atoms with Crippen molar-refractivity contribution >= 4 is 15.8 Å². The van der Waals surface area contributed by atoms with E-state index in [1.807, 2.05) is 0 Å². The molecule has 114 valence electrons. The van der Waals surface area contributed by atoms with Crippen LogP contribution in [-0.2, 0) is 16.2 Å². The molecule has 6 nitrogen and oxygen atoms in total. The molecule has 10 heteroatoms. The van der Waals surface area contributed by atoms with Gasteiger partial charge in [-0.05, 0) is 24.3 Å². The lowest BCUT2D eigenvalue weighted by Crippen LogP contribution is -2.15. The molecule has 0 saturated heterocycles. The molecule has 2 rings (SSSR count). The number of sulfonamides is 1. The zero-order valence-corrected chi connectivity index (χ0v) is 11.5. The van der Waals surface area contributed by atoms with Gasteiger partial charge >= 0.3 is 6.18 Å². The maximum Gasteiger partial charge on any atom is 0.433 e. The van der Waals surface area contributed by atoms with Crippen LogP contribution in [0, 0.1) is 11.3 Å². The number of nitrogens with one attached hydrogen (secondary N) is 1. The van der Waals surface area contributed by atoms with E-state index in [2.05, 4.69) is 14.7 Å². The number of halogens is 3. The van der Waals surface area contributed by atoms with E-state index in [9.17, 15) is 21.6 Å². The number of nitrogens with zero attached hydrogens (tertiary/aromatic N) is 3. The van der Waals surface area contributed by atoms with Crippen molar-refractivity contribution in [2.45, 2.75) is 11.1 Å². The molecule has 0 radical (unpaired) electrons. The lowest BCUT2D eigenvalue weighted by molar-refractivity contribution is -0.141. The van der Waals surface area contributed by atoms with E-state index in [0.717, 1.165) is 6.07 Å². The molecule has 0 aromatic carbocycles. The summed E-state index contributed by atoms with van der Waals surface area (Å²) in [6, 6.07) is 5.71. The molecule has 0 bridgehead atoms. The molecule has 2 aromatic rings. The Hall–Kier alpha value is -2.67. The fraction of sp³-hybridized carbons (Fsp3) is 0.0833. The maximum atomic E-state index is 12.4. The molecule has 2 aromatic heterocycles. The minimum Gasteiger partial charge on any atom is -0.263 e. The highest BCUT2D eigenvalue weighted by molar-refractivity contribution is 7.92. The average Bonchev–Trinajstić information content (AvgIpc) is 2.46. The van der Waals surface area contributed by atoms with Crippen molar-refractivity contribution in [3.63, 3.8) is 0 Å². The summed E-state index contributed by atoms with van der Waals surface area (Å²) in [6.07, 6.45) is -2.83. The summed E-state index contributed by atoms with van der Waals surface area (Å²) in [5.74, 6) is -0.126. The van der Waals surface area contributed by atoms with Gasteiger partial charge in [0.25, 0.3) is 10.0 Å². The monoisotopic (exact) mass is 328 g/mol. The van der Waals surface area contributed by atoms with Crippen LogP contribution in [0.25, 0.3) is 0 Å². The predicted octanol–water partition coefficient (Wildman–Crippen LogP) is 2.17. The Morgan fingerprint density at radius 2 is 1.91 bits per heavy atom. The van der Waals surface area contributed by atoms with E-state index in [0.29, 0.717) is 12.3 Å². The molecule has 0 fully saturated rings. The van der Waals surface area contributed by atoms with Gasteiger partial charge in [0.05, 0.1) is 11.6 Å². The average molecular weight is 328 g/mol. The van der Waals surface area contributed by atoms with Gasteiger partial charge < -0.3 is 0 Å². The number of hydrogen-bond acceptors (Lipinski definition) is 5. The summed E-state index contributed by atoms with van der Waals surface area (Å²) >= 11 is 0. The van der Waals surface area contributed by atoms with Crippen molar-refractivity contribution in [1.82, 2.24) is 9.97 Å². The number of hydrogen-bond donors (Lipinski definition) is 1. The van der Waals surface area contributed by atoms with E-state index in [4.69, 9.17) is 5.26 Å². The molecule has 0 aliphatic rings. The number of aromatic nitrogens is 2. The van der Waals surface area contributed by atoms with E-state index in [-0.39, 0.29) is 11.4 Å². The van der Waals surface area contributed by atoms with Gasteiger partial charge in [0.2, 0.25) is 0 Å². The van der Waals surface area contributed by atoms with Crippen LogP contribution >= 0.6 is 0 Å². The Bertz CT molecular complexity index is 827. The van der Waals surface area contributed by atoms with Crippen LogP contribution in [0.4, 0.5) is 19.0 Å². The minimum absolute atomic E-state index is 0.126. The highest BCUT2D eigenvalue weighted by Crippen LogP contribution is 2.27. The van der Waals surface area contributed by atoms with Gasteiger partial charge in [-0.15, -0.1) is 0 Å². The van der Waals surface area contributed by atoms with Gasteiger partial charge in [0, 0.05) is 12.4 Å². The van der Waals surface area contributed by atoms with Crippen LogP contribution in [0.2, 0.25) is 0 Å². The summed E-state index contributed by atoms with van der Waals surface area (Å²) in [5.41, 5.74) is -1.02. The summed E-state index contributed by atoms with van der Waals surface area (Å²) < 4.78 is 63.2. The second kappa shape index (κ2) is 5.61. The van der Waals surface area contributed by atoms with Crippen molar-refractivity contribution in [3.05, 3.63) is 47.9 Å². The molecule has 1 N–H and O–H groups in total. The number of rotatable bonds is 3. The van der Waals surface area contributed by atoms with Gasteiger partial charge in [0.15, 0.2) is 0 Å². The Morgan fingerprint density at radius 1 is 1.18 bits per heavy atom. The van der Waals surface area contributed by atoms with Crippen LogP contribution in [0.15, 0.2) is 41.6 Å². The molecule has 0 unspecified atom stereocenters. The second-order valence-electron chi connectivity index (χ2n) is 4.02. The van der Waals surface area contributed by atoms with Crippen molar-refractivity contribution in [2.24, 2.45) is 0 Å². The molecule has 0 amide bonds. The molecule has 0 aliphatic carbocycles. The third-order valence-corrected chi connectivity index (χ3v) is 3.81. The summed E-state index contributed by atoms with van der Waals surface area (Å²) in [4.78, 5) is 6.33. The number of pyridine rings is 2. The fourth-order valence-corrected chi connectivity index (χ4v) is 2.40. The summed E-state index contributed by atoms with van der Waals surface area (Å²) in [6.45, 7) is 0. The first kappa shape index (κ1) is 15.7. The van der Waals surface area contributed by atoms with Crippen LogP contribution in [0.3, 0.4) is 0 Å². The maximum absolute atomic E-state index is 12.4. The third kappa shape index (κ3) is 3.50. The number of alkyl halides is 3. The van der Waals surface area contributed by atoms with Gasteiger partial charge in [-0.1, -0.05) is 0 Å². The van der Waals surface area contributed by atoms with Gasteiger partial charge in [-0.25, -0.2) is 13.4 Å². The van der Waals surface area contributed by atoms with Gasteiger partial charge in [-0.2, -0.15) is 18.4 Å². The van der Waals surface area contributed by atoms with Crippen molar-refractivity contribution in [1.29, 1.82) is 5.26 Å². The minimum atomic E-state index is -4.65. The molecular weight excluding hydrogens is 321 g/mol.